The Morgan fingerprint density at radius 2 is 2.00 bits per heavy atom. The molecule has 2 aliphatic rings. The molecule has 28 heavy (non-hydrogen) atoms. The van der Waals surface area contributed by atoms with Crippen molar-refractivity contribution in [3.05, 3.63) is 30.6 Å². The molecule has 1 atom stereocenters. The molecule has 1 unspecified atom stereocenters. The van der Waals surface area contributed by atoms with E-state index in [1.807, 2.05) is 24.3 Å². The Morgan fingerprint density at radius 1 is 1.18 bits per heavy atom. The van der Waals surface area contributed by atoms with Crippen LogP contribution in [0.4, 0.5) is 0 Å². The van der Waals surface area contributed by atoms with E-state index >= 15 is 0 Å². The lowest BCUT2D eigenvalue weighted by Crippen LogP contribution is -2.53. The number of amides is 1. The molecule has 1 aromatic heterocycles. The predicted octanol–water partition coefficient (Wildman–Crippen LogP) is 1.68. The number of nitrogens with zero attached hydrogens (tertiary/aromatic N) is 4. The molecule has 2 aromatic rings. The van der Waals surface area contributed by atoms with Gasteiger partial charge in [0.25, 0.3) is 5.91 Å². The zero-order valence-electron chi connectivity index (χ0n) is 16.5. The first-order valence-electron chi connectivity index (χ1n) is 10.2. The molecule has 2 fully saturated rings. The first-order valence-corrected chi connectivity index (χ1v) is 10.2. The Labute approximate surface area is 166 Å². The number of rotatable bonds is 5. The van der Waals surface area contributed by atoms with Gasteiger partial charge in [-0.25, -0.2) is 9.97 Å². The standard InChI is InChI=1S/C21H29N5O2/c1-25-11-8-17(9-12-25)26-10-4-5-16(13-26)24-20(27)14-28-21-18-6-2-3-7-19(18)22-15-23-21/h2-3,6-7,15-17H,4-5,8-14H2,1H3,(H,24,27). The average molecular weight is 383 g/mol. The number of fused-ring (bicyclic) bond motifs is 1. The highest BCUT2D eigenvalue weighted by atomic mass is 16.5. The molecule has 2 saturated heterocycles. The van der Waals surface area contributed by atoms with Crippen LogP contribution >= 0.6 is 0 Å². The summed E-state index contributed by atoms with van der Waals surface area (Å²) in [6.07, 6.45) is 6.08. The van der Waals surface area contributed by atoms with Crippen LogP contribution in [0.2, 0.25) is 0 Å². The van der Waals surface area contributed by atoms with Gasteiger partial charge in [-0.05, 0) is 64.5 Å². The van der Waals surface area contributed by atoms with E-state index in [0.29, 0.717) is 11.9 Å². The van der Waals surface area contributed by atoms with Gasteiger partial charge in [-0.3, -0.25) is 9.69 Å². The summed E-state index contributed by atoms with van der Waals surface area (Å²) in [6, 6.07) is 8.50. The minimum absolute atomic E-state index is 0.0221. The topological polar surface area (TPSA) is 70.6 Å². The van der Waals surface area contributed by atoms with E-state index in [-0.39, 0.29) is 18.6 Å². The number of benzene rings is 1. The van der Waals surface area contributed by atoms with Gasteiger partial charge in [-0.2, -0.15) is 0 Å². The van der Waals surface area contributed by atoms with Crippen molar-refractivity contribution in [1.82, 2.24) is 25.1 Å². The Kier molecular flexibility index (Phi) is 6.02. The van der Waals surface area contributed by atoms with Crippen LogP contribution in [-0.2, 0) is 4.79 Å². The van der Waals surface area contributed by atoms with Crippen LogP contribution in [0.1, 0.15) is 25.7 Å². The lowest BCUT2D eigenvalue weighted by atomic mass is 9.98. The molecule has 7 heteroatoms. The Balaban J connectivity index is 1.28. The van der Waals surface area contributed by atoms with E-state index in [1.54, 1.807) is 0 Å². The van der Waals surface area contributed by atoms with Crippen molar-refractivity contribution in [2.75, 3.05) is 39.8 Å². The number of carbonyl (C=O) groups excluding carboxylic acids is 1. The number of hydrogen-bond donors (Lipinski definition) is 1. The maximum Gasteiger partial charge on any atom is 0.258 e. The Morgan fingerprint density at radius 3 is 2.86 bits per heavy atom. The van der Waals surface area contributed by atoms with Gasteiger partial charge >= 0.3 is 0 Å². The SMILES string of the molecule is CN1CCC(N2CCCC(NC(=O)COc3ncnc4ccccc34)C2)CC1. The minimum Gasteiger partial charge on any atom is -0.467 e. The van der Waals surface area contributed by atoms with Gasteiger partial charge in [0.05, 0.1) is 10.9 Å². The highest BCUT2D eigenvalue weighted by molar-refractivity contribution is 5.84. The fourth-order valence-electron chi connectivity index (χ4n) is 4.31. The molecule has 150 valence electrons. The number of piperidine rings is 2. The molecule has 0 radical (unpaired) electrons. The van der Waals surface area contributed by atoms with Crippen LogP contribution in [0.5, 0.6) is 5.88 Å². The summed E-state index contributed by atoms with van der Waals surface area (Å²) in [5.74, 6) is 0.371. The van der Waals surface area contributed by atoms with Crippen LogP contribution in [0, 0.1) is 0 Å². The summed E-state index contributed by atoms with van der Waals surface area (Å²) in [4.78, 5) is 25.8. The molecule has 0 spiro atoms. The van der Waals surface area contributed by atoms with Crippen LogP contribution in [-0.4, -0.2) is 77.6 Å². The molecule has 0 saturated carbocycles. The van der Waals surface area contributed by atoms with Gasteiger partial charge < -0.3 is 15.0 Å². The van der Waals surface area contributed by atoms with Gasteiger partial charge in [-0.1, -0.05) is 12.1 Å². The lowest BCUT2D eigenvalue weighted by molar-refractivity contribution is -0.124. The fourth-order valence-corrected chi connectivity index (χ4v) is 4.31. The molecule has 1 amide bonds. The minimum atomic E-state index is -0.0853. The molecular weight excluding hydrogens is 354 g/mol. The van der Waals surface area contributed by atoms with Crippen LogP contribution < -0.4 is 10.1 Å². The number of nitrogens with one attached hydrogen (secondary N) is 1. The van der Waals surface area contributed by atoms with E-state index in [2.05, 4.69) is 32.1 Å². The quantitative estimate of drug-likeness (QED) is 0.847. The molecule has 0 aliphatic carbocycles. The van der Waals surface area contributed by atoms with Crippen molar-refractivity contribution in [2.45, 2.75) is 37.8 Å². The van der Waals surface area contributed by atoms with Crippen molar-refractivity contribution >= 4 is 16.8 Å². The van der Waals surface area contributed by atoms with E-state index in [9.17, 15) is 4.79 Å². The zero-order chi connectivity index (χ0) is 19.3. The number of para-hydroxylation sites is 1. The second-order valence-corrected chi connectivity index (χ2v) is 7.92. The van der Waals surface area contributed by atoms with Crippen LogP contribution in [0.3, 0.4) is 0 Å². The molecular formula is C21H29N5O2. The van der Waals surface area contributed by atoms with E-state index in [0.717, 1.165) is 36.8 Å². The fraction of sp³-hybridized carbons (Fsp3) is 0.571. The zero-order valence-corrected chi connectivity index (χ0v) is 16.5. The monoisotopic (exact) mass is 383 g/mol. The Hall–Kier alpha value is -2.25. The van der Waals surface area contributed by atoms with Crippen molar-refractivity contribution in [3.8, 4) is 5.88 Å². The molecule has 3 heterocycles. The summed E-state index contributed by atoms with van der Waals surface area (Å²) in [6.45, 7) is 4.39. The van der Waals surface area contributed by atoms with Gasteiger partial charge in [-0.15, -0.1) is 0 Å². The van der Waals surface area contributed by atoms with Gasteiger partial charge in [0.2, 0.25) is 5.88 Å². The van der Waals surface area contributed by atoms with Gasteiger partial charge in [0, 0.05) is 18.6 Å². The largest absolute Gasteiger partial charge is 0.467 e. The Bertz CT molecular complexity index is 801. The molecule has 0 bridgehead atoms. The number of likely N-dealkylation sites (tertiary alicyclic amines) is 2. The summed E-state index contributed by atoms with van der Waals surface area (Å²) >= 11 is 0. The van der Waals surface area contributed by atoms with Crippen LogP contribution in [0.25, 0.3) is 10.9 Å². The normalized spacial score (nSPS) is 22.2. The van der Waals surface area contributed by atoms with E-state index in [4.69, 9.17) is 4.74 Å². The third-order valence-corrected chi connectivity index (χ3v) is 5.87. The average Bonchev–Trinajstić information content (AvgIpc) is 2.73. The van der Waals surface area contributed by atoms with Crippen molar-refractivity contribution in [1.29, 1.82) is 0 Å². The smallest absolute Gasteiger partial charge is 0.258 e. The highest BCUT2D eigenvalue weighted by Gasteiger charge is 2.28. The highest BCUT2D eigenvalue weighted by Crippen LogP contribution is 2.22. The molecule has 1 aromatic carbocycles. The van der Waals surface area contributed by atoms with Crippen molar-refractivity contribution in [2.24, 2.45) is 0 Å². The molecule has 1 N–H and O–H groups in total. The van der Waals surface area contributed by atoms with Crippen LogP contribution in [0.15, 0.2) is 30.6 Å². The third kappa shape index (κ3) is 4.59. The summed E-state index contributed by atoms with van der Waals surface area (Å²) < 4.78 is 5.70. The van der Waals surface area contributed by atoms with Crippen molar-refractivity contribution in [3.63, 3.8) is 0 Å². The number of carbonyl (C=O) groups is 1. The summed E-state index contributed by atoms with van der Waals surface area (Å²) in [5, 5.41) is 3.98. The number of hydrogen-bond acceptors (Lipinski definition) is 6. The lowest BCUT2D eigenvalue weighted by Gasteiger charge is -2.41. The van der Waals surface area contributed by atoms with Gasteiger partial charge in [0.15, 0.2) is 6.61 Å². The van der Waals surface area contributed by atoms with Gasteiger partial charge in [0.1, 0.15) is 6.33 Å². The number of aromatic nitrogens is 2. The maximum atomic E-state index is 12.4. The molecule has 4 rings (SSSR count). The first kappa shape index (κ1) is 19.1. The summed E-state index contributed by atoms with van der Waals surface area (Å²) in [5.41, 5.74) is 0.814. The molecule has 2 aliphatic heterocycles. The maximum absolute atomic E-state index is 12.4. The third-order valence-electron chi connectivity index (χ3n) is 5.87. The molecule has 7 nitrogen and oxygen atoms in total. The second-order valence-electron chi connectivity index (χ2n) is 7.92. The summed E-state index contributed by atoms with van der Waals surface area (Å²) in [7, 11) is 2.19. The number of ether oxygens (including phenoxy) is 1. The van der Waals surface area contributed by atoms with Crippen molar-refractivity contribution < 1.29 is 9.53 Å². The predicted molar refractivity (Wildman–Crippen MR) is 108 cm³/mol. The van der Waals surface area contributed by atoms with E-state index < -0.39 is 0 Å². The van der Waals surface area contributed by atoms with E-state index in [1.165, 1.54) is 32.3 Å². The first-order chi connectivity index (χ1) is 13.7. The second kappa shape index (κ2) is 8.84.